The number of H-pyrrole nitrogens is 1. The minimum Gasteiger partial charge on any atom is -0.306 e. The predicted molar refractivity (Wildman–Crippen MR) is 73.1 cm³/mol. The van der Waals surface area contributed by atoms with Gasteiger partial charge >= 0.3 is 0 Å². The predicted octanol–water partition coefficient (Wildman–Crippen LogP) is 2.75. The maximum absolute atomic E-state index is 12.2. The number of rotatable bonds is 2. The van der Waals surface area contributed by atoms with Crippen LogP contribution >= 0.6 is 11.3 Å². The molecule has 2 heterocycles. The van der Waals surface area contributed by atoms with Gasteiger partial charge in [-0.2, -0.15) is 10.4 Å². The average molecular weight is 268 g/mol. The van der Waals surface area contributed by atoms with E-state index in [1.807, 2.05) is 35.7 Å². The molecule has 0 saturated carbocycles. The molecule has 0 spiro atoms. The lowest BCUT2D eigenvalue weighted by Crippen LogP contribution is -2.12. The van der Waals surface area contributed by atoms with E-state index in [1.165, 1.54) is 17.5 Å². The summed E-state index contributed by atoms with van der Waals surface area (Å²) in [5.41, 5.74) is 0.909. The van der Waals surface area contributed by atoms with Gasteiger partial charge in [0.15, 0.2) is 0 Å². The van der Waals surface area contributed by atoms with Gasteiger partial charge in [-0.25, -0.2) is 0 Å². The second kappa shape index (κ2) is 4.55. The van der Waals surface area contributed by atoms with E-state index in [-0.39, 0.29) is 5.91 Å². The number of carbonyl (C=O) groups is 1. The van der Waals surface area contributed by atoms with E-state index in [9.17, 15) is 4.79 Å². The zero-order valence-corrected chi connectivity index (χ0v) is 10.5. The Labute approximate surface area is 112 Å². The molecule has 3 rings (SSSR count). The largest absolute Gasteiger partial charge is 0.306 e. The van der Waals surface area contributed by atoms with Crippen molar-refractivity contribution in [2.45, 2.75) is 0 Å². The van der Waals surface area contributed by atoms with E-state index in [0.717, 1.165) is 10.1 Å². The highest BCUT2D eigenvalue weighted by atomic mass is 32.1. The number of amides is 1. The number of anilines is 1. The highest BCUT2D eigenvalue weighted by molar-refractivity contribution is 7.17. The topological polar surface area (TPSA) is 81.6 Å². The van der Waals surface area contributed by atoms with Crippen LogP contribution in [-0.2, 0) is 0 Å². The first kappa shape index (κ1) is 11.4. The van der Waals surface area contributed by atoms with Crippen LogP contribution < -0.4 is 5.32 Å². The van der Waals surface area contributed by atoms with Gasteiger partial charge in [0.25, 0.3) is 5.91 Å². The molecule has 19 heavy (non-hydrogen) atoms. The number of hydrogen-bond donors (Lipinski definition) is 2. The van der Waals surface area contributed by atoms with Crippen LogP contribution in [0.2, 0.25) is 0 Å². The highest BCUT2D eigenvalue weighted by Crippen LogP contribution is 2.26. The SMILES string of the molecule is N#Cc1cn[nH]c1NC(=O)c1csc2ccccc12. The Kier molecular flexibility index (Phi) is 2.74. The molecule has 0 fully saturated rings. The number of aromatic amines is 1. The van der Waals surface area contributed by atoms with Crippen LogP contribution in [0.5, 0.6) is 0 Å². The van der Waals surface area contributed by atoms with Crippen molar-refractivity contribution in [3.63, 3.8) is 0 Å². The van der Waals surface area contributed by atoms with Crippen LogP contribution in [-0.4, -0.2) is 16.1 Å². The second-order valence-corrected chi connectivity index (χ2v) is 4.78. The molecule has 0 atom stereocenters. The highest BCUT2D eigenvalue weighted by Gasteiger charge is 2.14. The molecule has 1 amide bonds. The van der Waals surface area contributed by atoms with Crippen molar-refractivity contribution in [3.8, 4) is 6.07 Å². The first-order chi connectivity index (χ1) is 9.29. The summed E-state index contributed by atoms with van der Waals surface area (Å²) >= 11 is 1.51. The minimum absolute atomic E-state index is 0.252. The van der Waals surface area contributed by atoms with Crippen LogP contribution in [0.15, 0.2) is 35.8 Å². The second-order valence-electron chi connectivity index (χ2n) is 3.87. The number of nitrogens with zero attached hydrogens (tertiary/aromatic N) is 2. The van der Waals surface area contributed by atoms with Gasteiger partial charge in [0.1, 0.15) is 17.5 Å². The lowest BCUT2D eigenvalue weighted by molar-refractivity contribution is 0.102. The summed E-state index contributed by atoms with van der Waals surface area (Å²) in [5, 5.41) is 20.6. The molecule has 2 N–H and O–H groups in total. The van der Waals surface area contributed by atoms with Gasteiger partial charge < -0.3 is 5.32 Å². The Morgan fingerprint density at radius 1 is 1.42 bits per heavy atom. The average Bonchev–Trinajstić information content (AvgIpc) is 3.04. The van der Waals surface area contributed by atoms with Gasteiger partial charge in [0, 0.05) is 15.5 Å². The third-order valence-corrected chi connectivity index (χ3v) is 3.69. The number of fused-ring (bicyclic) bond motifs is 1. The van der Waals surface area contributed by atoms with E-state index in [1.54, 1.807) is 0 Å². The summed E-state index contributed by atoms with van der Waals surface area (Å²) in [4.78, 5) is 12.2. The van der Waals surface area contributed by atoms with Crippen molar-refractivity contribution < 1.29 is 4.79 Å². The van der Waals surface area contributed by atoms with Crippen molar-refractivity contribution >= 4 is 33.1 Å². The van der Waals surface area contributed by atoms with Crippen molar-refractivity contribution in [2.24, 2.45) is 0 Å². The van der Waals surface area contributed by atoms with E-state index in [2.05, 4.69) is 15.5 Å². The number of hydrogen-bond acceptors (Lipinski definition) is 4. The molecule has 0 aliphatic carbocycles. The number of carbonyl (C=O) groups excluding carboxylic acids is 1. The van der Waals surface area contributed by atoms with Crippen LogP contribution in [0, 0.1) is 11.3 Å². The monoisotopic (exact) mass is 268 g/mol. The molecule has 0 saturated heterocycles. The minimum atomic E-state index is -0.252. The molecule has 0 aliphatic rings. The third-order valence-electron chi connectivity index (χ3n) is 2.72. The fourth-order valence-electron chi connectivity index (χ4n) is 1.80. The molecule has 0 bridgehead atoms. The Bertz CT molecular complexity index is 796. The summed E-state index contributed by atoms with van der Waals surface area (Å²) < 4.78 is 1.05. The lowest BCUT2D eigenvalue weighted by Gasteiger charge is -2.01. The number of benzene rings is 1. The lowest BCUT2D eigenvalue weighted by atomic mass is 10.1. The Morgan fingerprint density at radius 3 is 3.11 bits per heavy atom. The molecule has 2 aromatic heterocycles. The first-order valence-electron chi connectivity index (χ1n) is 5.50. The van der Waals surface area contributed by atoms with E-state index in [0.29, 0.717) is 16.9 Å². The summed E-state index contributed by atoms with van der Waals surface area (Å²) in [6, 6.07) is 9.65. The summed E-state index contributed by atoms with van der Waals surface area (Å²) in [7, 11) is 0. The Balaban J connectivity index is 1.95. The first-order valence-corrected chi connectivity index (χ1v) is 6.38. The molecule has 3 aromatic rings. The van der Waals surface area contributed by atoms with Gasteiger partial charge in [-0.05, 0) is 6.07 Å². The Morgan fingerprint density at radius 2 is 2.26 bits per heavy atom. The van der Waals surface area contributed by atoms with Crippen LogP contribution in [0.3, 0.4) is 0 Å². The molecule has 0 aliphatic heterocycles. The third kappa shape index (κ3) is 1.96. The standard InChI is InChI=1S/C13H8N4OS/c14-5-8-6-15-17-12(8)16-13(18)10-7-19-11-4-2-1-3-9(10)11/h1-4,6-7H,(H2,15,16,17,18). The van der Waals surface area contributed by atoms with E-state index in [4.69, 9.17) is 5.26 Å². The summed E-state index contributed by atoms with van der Waals surface area (Å²) in [6.45, 7) is 0. The summed E-state index contributed by atoms with van der Waals surface area (Å²) in [5.74, 6) is 0.0704. The smallest absolute Gasteiger partial charge is 0.258 e. The molecular formula is C13H8N4OS. The maximum Gasteiger partial charge on any atom is 0.258 e. The van der Waals surface area contributed by atoms with Gasteiger partial charge in [0.2, 0.25) is 0 Å². The zero-order valence-electron chi connectivity index (χ0n) is 9.68. The van der Waals surface area contributed by atoms with Crippen molar-refractivity contribution in [3.05, 3.63) is 47.0 Å². The summed E-state index contributed by atoms with van der Waals surface area (Å²) in [6.07, 6.45) is 1.38. The van der Waals surface area contributed by atoms with Crippen LogP contribution in [0.4, 0.5) is 5.82 Å². The molecule has 0 unspecified atom stereocenters. The van der Waals surface area contributed by atoms with Crippen molar-refractivity contribution in [2.75, 3.05) is 5.32 Å². The number of nitrogens with one attached hydrogen (secondary N) is 2. The molecular weight excluding hydrogens is 260 g/mol. The van der Waals surface area contributed by atoms with Gasteiger partial charge in [-0.15, -0.1) is 11.3 Å². The molecule has 0 radical (unpaired) electrons. The fraction of sp³-hybridized carbons (Fsp3) is 0. The number of aromatic nitrogens is 2. The molecule has 5 nitrogen and oxygen atoms in total. The van der Waals surface area contributed by atoms with Crippen molar-refractivity contribution in [1.29, 1.82) is 5.26 Å². The quantitative estimate of drug-likeness (QED) is 0.749. The molecule has 6 heteroatoms. The Hall–Kier alpha value is -2.65. The fourth-order valence-corrected chi connectivity index (χ4v) is 2.74. The zero-order chi connectivity index (χ0) is 13.2. The maximum atomic E-state index is 12.2. The number of nitriles is 1. The van der Waals surface area contributed by atoms with Crippen LogP contribution in [0.25, 0.3) is 10.1 Å². The number of thiophene rings is 1. The normalized spacial score (nSPS) is 10.3. The molecule has 92 valence electrons. The van der Waals surface area contributed by atoms with Gasteiger partial charge in [-0.1, -0.05) is 18.2 Å². The molecule has 1 aromatic carbocycles. The van der Waals surface area contributed by atoms with Gasteiger partial charge in [0.05, 0.1) is 11.8 Å². The van der Waals surface area contributed by atoms with Gasteiger partial charge in [-0.3, -0.25) is 9.89 Å². The van der Waals surface area contributed by atoms with Crippen molar-refractivity contribution in [1.82, 2.24) is 10.2 Å². The van der Waals surface area contributed by atoms with E-state index >= 15 is 0 Å². The van der Waals surface area contributed by atoms with E-state index < -0.39 is 0 Å². The van der Waals surface area contributed by atoms with Crippen LogP contribution in [0.1, 0.15) is 15.9 Å².